The molecule has 3 aromatic rings. The van der Waals surface area contributed by atoms with Crippen molar-refractivity contribution in [3.8, 4) is 11.6 Å². The monoisotopic (exact) mass is 265 g/mol. The van der Waals surface area contributed by atoms with Gasteiger partial charge in [-0.3, -0.25) is 9.38 Å². The quantitative estimate of drug-likeness (QED) is 0.734. The molecule has 0 bridgehead atoms. The molecule has 1 aromatic carbocycles. The molecule has 0 aliphatic rings. The number of hydrogen-bond acceptors (Lipinski definition) is 4. The Morgan fingerprint density at radius 3 is 2.83 bits per heavy atom. The van der Waals surface area contributed by atoms with Crippen molar-refractivity contribution >= 4 is 29.1 Å². The summed E-state index contributed by atoms with van der Waals surface area (Å²) in [6.07, 6.45) is 1.64. The Kier molecular flexibility index (Phi) is 3.00. The molecule has 5 nitrogen and oxygen atoms in total. The lowest BCUT2D eigenvalue weighted by Crippen LogP contribution is -1.92. The number of methoxy groups -OCH3 is 1. The molecule has 0 fully saturated rings. The van der Waals surface area contributed by atoms with Crippen LogP contribution in [-0.2, 0) is 0 Å². The van der Waals surface area contributed by atoms with Crippen molar-refractivity contribution in [1.82, 2.24) is 14.4 Å². The fraction of sp³-hybridized carbons (Fsp3) is 0.167. The molecule has 0 amide bonds. The van der Waals surface area contributed by atoms with Crippen LogP contribution in [0.15, 0.2) is 24.4 Å². The van der Waals surface area contributed by atoms with E-state index in [0.29, 0.717) is 11.3 Å². The highest BCUT2D eigenvalue weighted by molar-refractivity contribution is 5.85. The minimum Gasteiger partial charge on any atom is -0.497 e. The van der Waals surface area contributed by atoms with Crippen LogP contribution in [0.5, 0.6) is 11.6 Å². The van der Waals surface area contributed by atoms with Crippen molar-refractivity contribution in [1.29, 1.82) is 0 Å². The van der Waals surface area contributed by atoms with Gasteiger partial charge in [0.25, 0.3) is 0 Å². The van der Waals surface area contributed by atoms with Crippen LogP contribution >= 0.6 is 12.4 Å². The Morgan fingerprint density at radius 1 is 1.33 bits per heavy atom. The molecule has 0 radical (unpaired) electrons. The van der Waals surface area contributed by atoms with Crippen molar-refractivity contribution in [2.75, 3.05) is 7.11 Å². The summed E-state index contributed by atoms with van der Waals surface area (Å²) in [7, 11) is 1.60. The first-order chi connectivity index (χ1) is 8.20. The lowest BCUT2D eigenvalue weighted by molar-refractivity contribution is 0.415. The van der Waals surface area contributed by atoms with Crippen LogP contribution < -0.4 is 4.74 Å². The first-order valence-electron chi connectivity index (χ1n) is 5.21. The van der Waals surface area contributed by atoms with E-state index in [9.17, 15) is 5.11 Å². The molecular formula is C12H12ClN3O2. The van der Waals surface area contributed by atoms with Gasteiger partial charge in [0.05, 0.1) is 24.3 Å². The third-order valence-electron chi connectivity index (χ3n) is 2.79. The number of hydrogen-bond donors (Lipinski definition) is 1. The van der Waals surface area contributed by atoms with E-state index < -0.39 is 0 Å². The van der Waals surface area contributed by atoms with Crippen molar-refractivity contribution < 1.29 is 9.84 Å². The smallest absolute Gasteiger partial charge is 0.219 e. The summed E-state index contributed by atoms with van der Waals surface area (Å²) in [5.74, 6) is 0.859. The van der Waals surface area contributed by atoms with Gasteiger partial charge in [-0.05, 0) is 19.1 Å². The predicted octanol–water partition coefficient (Wildman–Crippen LogP) is 2.33. The van der Waals surface area contributed by atoms with Crippen LogP contribution in [0, 0.1) is 6.92 Å². The Morgan fingerprint density at radius 2 is 2.11 bits per heavy atom. The molecule has 18 heavy (non-hydrogen) atoms. The summed E-state index contributed by atoms with van der Waals surface area (Å²) in [6.45, 7) is 1.76. The molecule has 6 heteroatoms. The lowest BCUT2D eigenvalue weighted by atomic mass is 10.3. The summed E-state index contributed by atoms with van der Waals surface area (Å²) < 4.78 is 6.84. The van der Waals surface area contributed by atoms with Crippen molar-refractivity contribution in [3.63, 3.8) is 0 Å². The average molecular weight is 266 g/mol. The van der Waals surface area contributed by atoms with Crippen LogP contribution in [0.2, 0.25) is 0 Å². The van der Waals surface area contributed by atoms with E-state index in [4.69, 9.17) is 4.74 Å². The number of fused-ring (bicyclic) bond motifs is 3. The van der Waals surface area contributed by atoms with Crippen LogP contribution in [-0.4, -0.2) is 26.6 Å². The van der Waals surface area contributed by atoms with Gasteiger partial charge in [-0.15, -0.1) is 12.4 Å². The summed E-state index contributed by atoms with van der Waals surface area (Å²) in [4.78, 5) is 8.52. The van der Waals surface area contributed by atoms with Crippen LogP contribution in [0.3, 0.4) is 0 Å². The van der Waals surface area contributed by atoms with Crippen LogP contribution in [0.4, 0.5) is 0 Å². The number of nitrogens with zero attached hydrogens (tertiary/aromatic N) is 3. The van der Waals surface area contributed by atoms with Gasteiger partial charge < -0.3 is 9.84 Å². The van der Waals surface area contributed by atoms with E-state index in [1.807, 2.05) is 18.2 Å². The first kappa shape index (κ1) is 12.4. The standard InChI is InChI=1S/C12H11N3O2.ClH/c1-7-12(16)15-10-5-8(17-2)3-4-9(10)13-6-11(15)14-7;/h3-6,16H,1-2H3;1H. The van der Waals surface area contributed by atoms with Gasteiger partial charge in [-0.1, -0.05) is 0 Å². The van der Waals surface area contributed by atoms with E-state index in [2.05, 4.69) is 9.97 Å². The topological polar surface area (TPSA) is 59.7 Å². The summed E-state index contributed by atoms with van der Waals surface area (Å²) in [6, 6.07) is 5.51. The van der Waals surface area contributed by atoms with E-state index in [0.717, 1.165) is 16.8 Å². The molecule has 1 N–H and O–H groups in total. The molecule has 0 saturated carbocycles. The van der Waals surface area contributed by atoms with Gasteiger partial charge in [-0.2, -0.15) is 0 Å². The van der Waals surface area contributed by atoms with E-state index in [1.165, 1.54) is 0 Å². The maximum absolute atomic E-state index is 9.99. The van der Waals surface area contributed by atoms with Crippen molar-refractivity contribution in [2.45, 2.75) is 6.92 Å². The maximum Gasteiger partial charge on any atom is 0.219 e. The Labute approximate surface area is 109 Å². The molecule has 0 aliphatic heterocycles. The predicted molar refractivity (Wildman–Crippen MR) is 70.7 cm³/mol. The molecule has 0 aliphatic carbocycles. The third kappa shape index (κ3) is 1.64. The number of ether oxygens (including phenoxy) is 1. The zero-order chi connectivity index (χ0) is 12.0. The molecule has 2 heterocycles. The number of imidazole rings is 1. The first-order valence-corrected chi connectivity index (χ1v) is 5.21. The largest absolute Gasteiger partial charge is 0.497 e. The molecule has 0 saturated heterocycles. The van der Waals surface area contributed by atoms with E-state index in [1.54, 1.807) is 24.6 Å². The third-order valence-corrected chi connectivity index (χ3v) is 2.79. The minimum absolute atomic E-state index is 0. The van der Waals surface area contributed by atoms with Gasteiger partial charge in [0.15, 0.2) is 5.65 Å². The minimum atomic E-state index is 0. The highest BCUT2D eigenvalue weighted by Crippen LogP contribution is 2.25. The fourth-order valence-corrected chi connectivity index (χ4v) is 1.91. The number of rotatable bonds is 1. The number of aromatic nitrogens is 3. The Balaban J connectivity index is 0.00000120. The van der Waals surface area contributed by atoms with Gasteiger partial charge in [0, 0.05) is 6.07 Å². The van der Waals surface area contributed by atoms with Crippen molar-refractivity contribution in [3.05, 3.63) is 30.1 Å². The van der Waals surface area contributed by atoms with Crippen LogP contribution in [0.1, 0.15) is 5.69 Å². The molecule has 3 rings (SSSR count). The van der Waals surface area contributed by atoms with Gasteiger partial charge >= 0.3 is 0 Å². The maximum atomic E-state index is 9.99. The molecular weight excluding hydrogens is 254 g/mol. The zero-order valence-corrected chi connectivity index (χ0v) is 10.7. The summed E-state index contributed by atoms with van der Waals surface area (Å²) in [5, 5.41) is 9.99. The average Bonchev–Trinajstić information content (AvgIpc) is 2.65. The van der Waals surface area contributed by atoms with Crippen LogP contribution in [0.25, 0.3) is 16.7 Å². The highest BCUT2D eigenvalue weighted by atomic mass is 35.5. The normalized spacial score (nSPS) is 10.6. The molecule has 0 atom stereocenters. The number of aryl methyl sites for hydroxylation is 1. The number of benzene rings is 1. The molecule has 0 unspecified atom stereocenters. The second kappa shape index (κ2) is 4.34. The number of halogens is 1. The summed E-state index contributed by atoms with van der Waals surface area (Å²) >= 11 is 0. The second-order valence-corrected chi connectivity index (χ2v) is 3.83. The van der Waals surface area contributed by atoms with Crippen molar-refractivity contribution in [2.24, 2.45) is 0 Å². The molecule has 2 aromatic heterocycles. The van der Waals surface area contributed by atoms with E-state index in [-0.39, 0.29) is 18.3 Å². The lowest BCUT2D eigenvalue weighted by Gasteiger charge is -2.04. The SMILES string of the molecule is COc1ccc2ncc3nc(C)c(O)n3c2c1.Cl. The second-order valence-electron chi connectivity index (χ2n) is 3.83. The Hall–Kier alpha value is -2.01. The Bertz CT molecular complexity index is 724. The van der Waals surface area contributed by atoms with E-state index >= 15 is 0 Å². The summed E-state index contributed by atoms with van der Waals surface area (Å²) in [5.41, 5.74) is 2.77. The highest BCUT2D eigenvalue weighted by Gasteiger charge is 2.11. The molecule has 0 spiro atoms. The number of aromatic hydroxyl groups is 1. The van der Waals surface area contributed by atoms with Gasteiger partial charge in [0.2, 0.25) is 5.88 Å². The van der Waals surface area contributed by atoms with Gasteiger partial charge in [0.1, 0.15) is 11.4 Å². The molecule has 94 valence electrons. The zero-order valence-electron chi connectivity index (χ0n) is 9.91. The van der Waals surface area contributed by atoms with Gasteiger partial charge in [-0.25, -0.2) is 4.98 Å². The fourth-order valence-electron chi connectivity index (χ4n) is 1.91.